The number of nitrogens with zero attached hydrogens (tertiary/aromatic N) is 2. The third-order valence-electron chi connectivity index (χ3n) is 3.68. The lowest BCUT2D eigenvalue weighted by Crippen LogP contribution is -2.16. The van der Waals surface area contributed by atoms with Crippen LogP contribution in [-0.2, 0) is 6.54 Å². The standard InChI is InChI=1S/C21H22N4O2/c1-15(2)27-19-11-7-6-10-17(19)24-20(26)18-12-13-22-21(25-18)23-14-16-8-4-3-5-9-16/h3-13,15H,14H2,1-2H3,(H,24,26)(H,22,23,25). The first-order valence-electron chi connectivity index (χ1n) is 8.79. The smallest absolute Gasteiger partial charge is 0.274 e. The minimum absolute atomic E-state index is 0.0101. The Labute approximate surface area is 158 Å². The minimum atomic E-state index is -0.319. The highest BCUT2D eigenvalue weighted by Gasteiger charge is 2.12. The van der Waals surface area contributed by atoms with Crippen LogP contribution >= 0.6 is 0 Å². The van der Waals surface area contributed by atoms with E-state index in [9.17, 15) is 4.79 Å². The first-order valence-corrected chi connectivity index (χ1v) is 8.79. The SMILES string of the molecule is CC(C)Oc1ccccc1NC(=O)c1ccnc(NCc2ccccc2)n1. The summed E-state index contributed by atoms with van der Waals surface area (Å²) in [4.78, 5) is 21.1. The van der Waals surface area contributed by atoms with E-state index in [-0.39, 0.29) is 17.7 Å². The molecule has 0 saturated heterocycles. The molecule has 0 unspecified atom stereocenters. The number of carbonyl (C=O) groups is 1. The van der Waals surface area contributed by atoms with Crippen molar-refractivity contribution in [1.29, 1.82) is 0 Å². The molecule has 6 heteroatoms. The van der Waals surface area contributed by atoms with Crippen LogP contribution in [0.1, 0.15) is 29.9 Å². The van der Waals surface area contributed by atoms with Crippen LogP contribution in [0.4, 0.5) is 11.6 Å². The molecule has 0 radical (unpaired) electrons. The van der Waals surface area contributed by atoms with Gasteiger partial charge in [-0.3, -0.25) is 4.79 Å². The summed E-state index contributed by atoms with van der Waals surface area (Å²) >= 11 is 0. The highest BCUT2D eigenvalue weighted by molar-refractivity contribution is 6.03. The molecule has 0 aliphatic carbocycles. The highest BCUT2D eigenvalue weighted by Crippen LogP contribution is 2.25. The largest absolute Gasteiger partial charge is 0.489 e. The number of amides is 1. The van der Waals surface area contributed by atoms with Gasteiger partial charge in [-0.2, -0.15) is 0 Å². The Morgan fingerprint density at radius 1 is 1.04 bits per heavy atom. The van der Waals surface area contributed by atoms with Crippen molar-refractivity contribution in [1.82, 2.24) is 9.97 Å². The molecule has 3 aromatic rings. The second-order valence-corrected chi connectivity index (χ2v) is 6.22. The fourth-order valence-corrected chi connectivity index (χ4v) is 2.46. The monoisotopic (exact) mass is 362 g/mol. The number of hydrogen-bond donors (Lipinski definition) is 2. The van der Waals surface area contributed by atoms with E-state index in [1.807, 2.05) is 62.4 Å². The van der Waals surface area contributed by atoms with Gasteiger partial charge in [-0.1, -0.05) is 42.5 Å². The molecule has 2 N–H and O–H groups in total. The third-order valence-corrected chi connectivity index (χ3v) is 3.68. The molecule has 0 bridgehead atoms. The molecule has 1 aromatic heterocycles. The van der Waals surface area contributed by atoms with Crippen LogP contribution in [0.3, 0.4) is 0 Å². The molecule has 0 fully saturated rings. The fourth-order valence-electron chi connectivity index (χ4n) is 2.46. The van der Waals surface area contributed by atoms with Gasteiger partial charge < -0.3 is 15.4 Å². The maximum absolute atomic E-state index is 12.6. The van der Waals surface area contributed by atoms with Gasteiger partial charge in [0.25, 0.3) is 5.91 Å². The van der Waals surface area contributed by atoms with Crippen molar-refractivity contribution in [2.24, 2.45) is 0 Å². The molecular formula is C21H22N4O2. The van der Waals surface area contributed by atoms with Crippen LogP contribution in [0.15, 0.2) is 66.9 Å². The number of carbonyl (C=O) groups excluding carboxylic acids is 1. The van der Waals surface area contributed by atoms with Gasteiger partial charge in [-0.15, -0.1) is 0 Å². The summed E-state index contributed by atoms with van der Waals surface area (Å²) in [6.07, 6.45) is 1.57. The van der Waals surface area contributed by atoms with Crippen LogP contribution in [0.2, 0.25) is 0 Å². The Balaban J connectivity index is 1.69. The molecule has 1 heterocycles. The molecule has 1 amide bonds. The maximum Gasteiger partial charge on any atom is 0.274 e. The van der Waals surface area contributed by atoms with Crippen molar-refractivity contribution in [2.45, 2.75) is 26.5 Å². The fraction of sp³-hybridized carbons (Fsp3) is 0.190. The highest BCUT2D eigenvalue weighted by atomic mass is 16.5. The van der Waals surface area contributed by atoms with Crippen LogP contribution < -0.4 is 15.4 Å². The van der Waals surface area contributed by atoms with Crippen LogP contribution in [0.5, 0.6) is 5.75 Å². The average molecular weight is 362 g/mol. The minimum Gasteiger partial charge on any atom is -0.489 e. The van der Waals surface area contributed by atoms with E-state index in [4.69, 9.17) is 4.74 Å². The number of benzene rings is 2. The zero-order valence-corrected chi connectivity index (χ0v) is 15.3. The zero-order valence-electron chi connectivity index (χ0n) is 15.3. The maximum atomic E-state index is 12.6. The van der Waals surface area contributed by atoms with Gasteiger partial charge in [0, 0.05) is 12.7 Å². The Morgan fingerprint density at radius 3 is 2.56 bits per heavy atom. The van der Waals surface area contributed by atoms with E-state index in [0.717, 1.165) is 5.56 Å². The summed E-state index contributed by atoms with van der Waals surface area (Å²) in [5.74, 6) is 0.704. The molecule has 0 spiro atoms. The molecule has 6 nitrogen and oxygen atoms in total. The first kappa shape index (κ1) is 18.4. The second kappa shape index (κ2) is 8.80. The van der Waals surface area contributed by atoms with Crippen molar-refractivity contribution in [3.05, 3.63) is 78.1 Å². The summed E-state index contributed by atoms with van der Waals surface area (Å²) in [7, 11) is 0. The van der Waals surface area contributed by atoms with Gasteiger partial charge >= 0.3 is 0 Å². The van der Waals surface area contributed by atoms with Gasteiger partial charge in [0.05, 0.1) is 11.8 Å². The number of aromatic nitrogens is 2. The molecule has 138 valence electrons. The molecular weight excluding hydrogens is 340 g/mol. The topological polar surface area (TPSA) is 76.1 Å². The number of rotatable bonds is 7. The lowest BCUT2D eigenvalue weighted by atomic mass is 10.2. The van der Waals surface area contributed by atoms with E-state index in [0.29, 0.717) is 23.9 Å². The molecule has 3 rings (SSSR count). The summed E-state index contributed by atoms with van der Waals surface area (Å²) in [6.45, 7) is 4.46. The van der Waals surface area contributed by atoms with Crippen LogP contribution in [0, 0.1) is 0 Å². The Bertz CT molecular complexity index is 897. The number of nitrogens with one attached hydrogen (secondary N) is 2. The number of hydrogen-bond acceptors (Lipinski definition) is 5. The lowest BCUT2D eigenvalue weighted by molar-refractivity contribution is 0.102. The van der Waals surface area contributed by atoms with Crippen LogP contribution in [-0.4, -0.2) is 22.0 Å². The Morgan fingerprint density at radius 2 is 1.78 bits per heavy atom. The number of para-hydroxylation sites is 2. The molecule has 0 saturated carbocycles. The van der Waals surface area contributed by atoms with Crippen LogP contribution in [0.25, 0.3) is 0 Å². The van der Waals surface area contributed by atoms with Crippen molar-refractivity contribution in [3.63, 3.8) is 0 Å². The zero-order chi connectivity index (χ0) is 19.1. The summed E-state index contributed by atoms with van der Waals surface area (Å²) in [5, 5.41) is 5.98. The Hall–Kier alpha value is -3.41. The van der Waals surface area contributed by atoms with Gasteiger partial charge in [0.15, 0.2) is 0 Å². The van der Waals surface area contributed by atoms with Crippen molar-refractivity contribution in [2.75, 3.05) is 10.6 Å². The predicted molar refractivity (Wildman–Crippen MR) is 106 cm³/mol. The number of anilines is 2. The second-order valence-electron chi connectivity index (χ2n) is 6.22. The Kier molecular flexibility index (Phi) is 5.99. The van der Waals surface area contributed by atoms with Gasteiger partial charge in [-0.05, 0) is 37.6 Å². The molecule has 27 heavy (non-hydrogen) atoms. The van der Waals surface area contributed by atoms with E-state index >= 15 is 0 Å². The summed E-state index contributed by atoms with van der Waals surface area (Å²) in [5.41, 5.74) is 1.99. The normalized spacial score (nSPS) is 10.5. The number of ether oxygens (including phenoxy) is 1. The van der Waals surface area contributed by atoms with Gasteiger partial charge in [0.2, 0.25) is 5.95 Å². The van der Waals surface area contributed by atoms with E-state index in [2.05, 4.69) is 20.6 Å². The summed E-state index contributed by atoms with van der Waals surface area (Å²) in [6, 6.07) is 18.8. The summed E-state index contributed by atoms with van der Waals surface area (Å²) < 4.78 is 5.73. The quantitative estimate of drug-likeness (QED) is 0.661. The molecule has 0 aliphatic rings. The first-order chi connectivity index (χ1) is 13.1. The third kappa shape index (κ3) is 5.28. The van der Waals surface area contributed by atoms with Crippen molar-refractivity contribution < 1.29 is 9.53 Å². The van der Waals surface area contributed by atoms with Crippen molar-refractivity contribution in [3.8, 4) is 5.75 Å². The molecule has 0 aliphatic heterocycles. The van der Waals surface area contributed by atoms with Gasteiger partial charge in [0.1, 0.15) is 11.4 Å². The van der Waals surface area contributed by atoms with E-state index < -0.39 is 0 Å². The molecule has 0 atom stereocenters. The predicted octanol–water partition coefficient (Wildman–Crippen LogP) is 4.13. The van der Waals surface area contributed by atoms with Crippen molar-refractivity contribution >= 4 is 17.5 Å². The average Bonchev–Trinajstić information content (AvgIpc) is 2.68. The lowest BCUT2D eigenvalue weighted by Gasteiger charge is -2.14. The molecule has 2 aromatic carbocycles. The van der Waals surface area contributed by atoms with Gasteiger partial charge in [-0.25, -0.2) is 9.97 Å². The van der Waals surface area contributed by atoms with E-state index in [1.54, 1.807) is 18.3 Å². The van der Waals surface area contributed by atoms with E-state index in [1.165, 1.54) is 0 Å².